The molecule has 6 heteroatoms. The fourth-order valence-electron chi connectivity index (χ4n) is 3.04. The van der Waals surface area contributed by atoms with E-state index in [0.717, 1.165) is 9.65 Å². The van der Waals surface area contributed by atoms with E-state index in [9.17, 15) is 13.2 Å². The van der Waals surface area contributed by atoms with Gasteiger partial charge in [0.2, 0.25) is 0 Å². The second-order valence-electron chi connectivity index (χ2n) is 5.79. The maximum absolute atomic E-state index is 14.3. The number of fused-ring (bicyclic) bond motifs is 3. The van der Waals surface area contributed by atoms with Gasteiger partial charge in [0.05, 0.1) is 0 Å². The molecule has 0 radical (unpaired) electrons. The molecule has 0 aliphatic rings. The van der Waals surface area contributed by atoms with Crippen molar-refractivity contribution in [2.75, 3.05) is 0 Å². The zero-order valence-corrected chi connectivity index (χ0v) is 15.0. The predicted octanol–water partition coefficient (Wildman–Crippen LogP) is 5.68. The summed E-state index contributed by atoms with van der Waals surface area (Å²) in [6.07, 6.45) is -5.73. The number of rotatable bonds is 1. The van der Waals surface area contributed by atoms with Gasteiger partial charge < -0.3 is 0 Å². The molecule has 0 aliphatic carbocycles. The second-order valence-corrected chi connectivity index (χ2v) is 8.07. The molecule has 132 valence electrons. The molecule has 2 aromatic heterocycles. The molecular formula is C21H11F3N2Se. The number of hydrogen-bond donors (Lipinski definition) is 0. The summed E-state index contributed by atoms with van der Waals surface area (Å²) in [7, 11) is 0. The van der Waals surface area contributed by atoms with E-state index >= 15 is 0 Å². The number of nitrogens with zero attached hydrogens (tertiary/aromatic N) is 2. The van der Waals surface area contributed by atoms with Crippen molar-refractivity contribution < 1.29 is 21.4 Å². The van der Waals surface area contributed by atoms with E-state index in [1.165, 1.54) is 0 Å². The number of halogens is 3. The molecule has 3 aromatic carbocycles. The van der Waals surface area contributed by atoms with Crippen LogP contribution in [0.2, 0.25) is 0 Å². The Hall–Kier alpha value is -2.69. The average Bonchev–Trinajstić information content (AvgIpc) is 3.18. The standard InChI is InChI=1S/C21H11F3N2Se/c22-21(23,24)18-14-7-3-1-5-12(14)9-15-19(25-11-26-20(15)18)17-10-13-6-2-4-8-16(13)27-17/h1-11H/i1D,3D,5D,7D,9D,11D. The fraction of sp³-hybridized carbons (Fsp3) is 0.0476. The Kier molecular flexibility index (Phi) is 2.46. The van der Waals surface area contributed by atoms with Crippen LogP contribution in [0.4, 0.5) is 13.2 Å². The van der Waals surface area contributed by atoms with Gasteiger partial charge >= 0.3 is 166 Å². The Morgan fingerprint density at radius 1 is 0.963 bits per heavy atom. The van der Waals surface area contributed by atoms with E-state index in [-0.39, 0.29) is 25.6 Å². The van der Waals surface area contributed by atoms with Crippen molar-refractivity contribution in [2.45, 2.75) is 6.18 Å². The van der Waals surface area contributed by atoms with Crippen LogP contribution in [-0.2, 0) is 6.18 Å². The van der Waals surface area contributed by atoms with Gasteiger partial charge in [-0.2, -0.15) is 0 Å². The first-order valence-corrected chi connectivity index (χ1v) is 9.49. The van der Waals surface area contributed by atoms with Gasteiger partial charge in [-0.05, 0) is 0 Å². The Morgan fingerprint density at radius 2 is 1.78 bits per heavy atom. The Labute approximate surface area is 166 Å². The first-order chi connectivity index (χ1) is 15.5. The Bertz CT molecular complexity index is 1600. The van der Waals surface area contributed by atoms with Gasteiger partial charge in [0.15, 0.2) is 0 Å². The van der Waals surface area contributed by atoms with Crippen LogP contribution in [0.25, 0.3) is 41.5 Å². The molecule has 0 saturated heterocycles. The summed E-state index contributed by atoms with van der Waals surface area (Å²) < 4.78 is 93.3. The molecule has 0 spiro atoms. The van der Waals surface area contributed by atoms with Crippen molar-refractivity contribution in [3.05, 3.63) is 72.4 Å². The van der Waals surface area contributed by atoms with E-state index < -0.39 is 64.5 Å². The first kappa shape index (κ1) is 11.2. The van der Waals surface area contributed by atoms with Gasteiger partial charge in [0.25, 0.3) is 0 Å². The van der Waals surface area contributed by atoms with Crippen LogP contribution in [0, 0.1) is 0 Å². The van der Waals surface area contributed by atoms with Crippen molar-refractivity contribution in [3.63, 3.8) is 0 Å². The minimum absolute atomic E-state index is 0.00557. The van der Waals surface area contributed by atoms with Crippen molar-refractivity contribution in [1.29, 1.82) is 0 Å². The normalized spacial score (nSPS) is 15.4. The summed E-state index contributed by atoms with van der Waals surface area (Å²) in [5.41, 5.74) is -2.10. The SMILES string of the molecule is [2H]c1nc(-c2cc3ccccc3[se]2)c2c([2H])c3c([2H])c([2H])c([2H])c([2H])c3c(C(F)(F)F)c2n1. The van der Waals surface area contributed by atoms with Crippen LogP contribution in [-0.4, -0.2) is 24.5 Å². The maximum atomic E-state index is 14.3. The second kappa shape index (κ2) is 5.91. The number of aromatic nitrogens is 2. The first-order valence-electron chi connectivity index (χ1n) is 10.8. The van der Waals surface area contributed by atoms with Crippen molar-refractivity contribution in [1.82, 2.24) is 9.97 Å². The molecule has 0 atom stereocenters. The number of hydrogen-bond acceptors (Lipinski definition) is 2. The van der Waals surface area contributed by atoms with Crippen LogP contribution in [0.3, 0.4) is 0 Å². The molecule has 0 fully saturated rings. The molecule has 5 aromatic rings. The third-order valence-electron chi connectivity index (χ3n) is 4.16. The molecule has 5 rings (SSSR count). The zero-order valence-electron chi connectivity index (χ0n) is 19.3. The topological polar surface area (TPSA) is 25.8 Å². The third-order valence-corrected chi connectivity index (χ3v) is 6.52. The molecular weight excluding hydrogens is 416 g/mol. The van der Waals surface area contributed by atoms with E-state index in [1.54, 1.807) is 6.07 Å². The molecule has 0 amide bonds. The van der Waals surface area contributed by atoms with Crippen molar-refractivity contribution >= 4 is 45.8 Å². The van der Waals surface area contributed by atoms with E-state index in [1.807, 2.05) is 24.3 Å². The van der Waals surface area contributed by atoms with E-state index in [0.29, 0.717) is 4.44 Å². The van der Waals surface area contributed by atoms with Crippen LogP contribution in [0.5, 0.6) is 0 Å². The van der Waals surface area contributed by atoms with Crippen LogP contribution >= 0.6 is 0 Å². The quantitative estimate of drug-likeness (QED) is 0.251. The van der Waals surface area contributed by atoms with Crippen LogP contribution < -0.4 is 0 Å². The fourth-order valence-corrected chi connectivity index (χ4v) is 5.26. The Morgan fingerprint density at radius 3 is 2.59 bits per heavy atom. The average molecular weight is 433 g/mol. The predicted molar refractivity (Wildman–Crippen MR) is 102 cm³/mol. The summed E-state index contributed by atoms with van der Waals surface area (Å²) in [6.45, 7) is 0. The molecule has 0 aliphatic heterocycles. The molecule has 0 N–H and O–H groups in total. The third kappa shape index (κ3) is 2.64. The number of benzene rings is 3. The molecule has 0 bridgehead atoms. The molecule has 0 saturated carbocycles. The van der Waals surface area contributed by atoms with Crippen LogP contribution in [0.1, 0.15) is 13.8 Å². The zero-order chi connectivity index (χ0) is 23.8. The van der Waals surface area contributed by atoms with E-state index in [4.69, 9.17) is 8.22 Å². The van der Waals surface area contributed by atoms with Crippen LogP contribution in [0.15, 0.2) is 66.8 Å². The van der Waals surface area contributed by atoms with Gasteiger partial charge in [-0.25, -0.2) is 0 Å². The molecule has 2 heterocycles. The molecule has 27 heavy (non-hydrogen) atoms. The molecule has 2 nitrogen and oxygen atoms in total. The monoisotopic (exact) mass is 434 g/mol. The van der Waals surface area contributed by atoms with Gasteiger partial charge in [0, 0.05) is 0 Å². The van der Waals surface area contributed by atoms with Crippen molar-refractivity contribution in [2.24, 2.45) is 0 Å². The Balaban J connectivity index is 2.08. The van der Waals surface area contributed by atoms with Gasteiger partial charge in [-0.15, -0.1) is 0 Å². The van der Waals surface area contributed by atoms with Gasteiger partial charge in [-0.1, -0.05) is 0 Å². The summed E-state index contributed by atoms with van der Waals surface area (Å²) >= 11 is -0.347. The summed E-state index contributed by atoms with van der Waals surface area (Å²) in [5.74, 6) is 0. The minimum atomic E-state index is -5.06. The summed E-state index contributed by atoms with van der Waals surface area (Å²) in [4.78, 5) is 7.77. The number of alkyl halides is 3. The summed E-state index contributed by atoms with van der Waals surface area (Å²) in [5, 5.41) is -0.788. The van der Waals surface area contributed by atoms with E-state index in [2.05, 4.69) is 9.97 Å². The van der Waals surface area contributed by atoms with Gasteiger partial charge in [0.1, 0.15) is 0 Å². The molecule has 0 unspecified atom stereocenters. The van der Waals surface area contributed by atoms with Crippen molar-refractivity contribution in [3.8, 4) is 10.1 Å². The summed E-state index contributed by atoms with van der Waals surface area (Å²) in [6, 6.07) is 5.42. The van der Waals surface area contributed by atoms with Gasteiger partial charge in [-0.3, -0.25) is 0 Å².